The summed E-state index contributed by atoms with van der Waals surface area (Å²) in [4.78, 5) is 11.4. The van der Waals surface area contributed by atoms with E-state index in [4.69, 9.17) is 19.6 Å². The van der Waals surface area contributed by atoms with Gasteiger partial charge in [0.05, 0.1) is 19.5 Å². The molecule has 2 N–H and O–H groups in total. The molecule has 9 heteroatoms. The summed E-state index contributed by atoms with van der Waals surface area (Å²) in [6, 6.07) is 7.87. The normalized spacial score (nSPS) is 13.9. The molecule has 0 atom stereocenters. The third-order valence-corrected chi connectivity index (χ3v) is 5.56. The van der Waals surface area contributed by atoms with Gasteiger partial charge in [-0.15, -0.1) is 5.10 Å². The van der Waals surface area contributed by atoms with Gasteiger partial charge < -0.3 is 19.6 Å². The smallest absolute Gasteiger partial charge is 0.223 e. The van der Waals surface area contributed by atoms with Crippen LogP contribution < -0.4 is 15.2 Å². The molecule has 0 radical (unpaired) electrons. The van der Waals surface area contributed by atoms with Gasteiger partial charge in [0.1, 0.15) is 0 Å². The number of nitrogen functional groups attached to an aromatic ring is 1. The fourth-order valence-corrected chi connectivity index (χ4v) is 4.09. The minimum Gasteiger partial charge on any atom is -0.490 e. The molecule has 0 amide bonds. The molecule has 0 saturated carbocycles. The number of benzene rings is 1. The molecule has 166 valence electrons. The number of rotatable bonds is 7. The molecule has 3 aromatic heterocycles. The Kier molecular flexibility index (Phi) is 5.40. The summed E-state index contributed by atoms with van der Waals surface area (Å²) in [5.41, 5.74) is 10.3. The zero-order valence-electron chi connectivity index (χ0n) is 18.2. The van der Waals surface area contributed by atoms with Gasteiger partial charge in [0.2, 0.25) is 11.8 Å². The van der Waals surface area contributed by atoms with E-state index in [1.807, 2.05) is 26.0 Å². The van der Waals surface area contributed by atoms with E-state index in [1.165, 1.54) is 11.1 Å². The third kappa shape index (κ3) is 3.75. The van der Waals surface area contributed by atoms with Crippen LogP contribution in [0.25, 0.3) is 17.2 Å². The highest BCUT2D eigenvalue weighted by atomic mass is 16.5. The summed E-state index contributed by atoms with van der Waals surface area (Å²) in [6.07, 6.45) is 4.32. The van der Waals surface area contributed by atoms with Crippen molar-refractivity contribution < 1.29 is 13.9 Å². The lowest BCUT2D eigenvalue weighted by molar-refractivity contribution is 0.242. The van der Waals surface area contributed by atoms with E-state index < -0.39 is 0 Å². The molecule has 1 aliphatic heterocycles. The van der Waals surface area contributed by atoms with Crippen LogP contribution >= 0.6 is 0 Å². The maximum Gasteiger partial charge on any atom is 0.223 e. The summed E-state index contributed by atoms with van der Waals surface area (Å²) < 4.78 is 18.6. The number of furan rings is 1. The number of nitrogens with two attached hydrogens (primary N) is 1. The average Bonchev–Trinajstić information content (AvgIpc) is 3.47. The fourth-order valence-electron chi connectivity index (χ4n) is 4.09. The van der Waals surface area contributed by atoms with E-state index in [1.54, 1.807) is 17.0 Å². The van der Waals surface area contributed by atoms with E-state index >= 15 is 0 Å². The topological polar surface area (TPSA) is 104 Å². The van der Waals surface area contributed by atoms with Crippen LogP contribution in [-0.4, -0.2) is 44.2 Å². The second-order valence-corrected chi connectivity index (χ2v) is 7.68. The summed E-state index contributed by atoms with van der Waals surface area (Å²) in [7, 11) is 0. The van der Waals surface area contributed by atoms with Gasteiger partial charge in [0.25, 0.3) is 0 Å². The van der Waals surface area contributed by atoms with Gasteiger partial charge >= 0.3 is 0 Å². The molecule has 0 fully saturated rings. The summed E-state index contributed by atoms with van der Waals surface area (Å²) >= 11 is 0. The van der Waals surface area contributed by atoms with Crippen LogP contribution in [0.3, 0.4) is 0 Å². The molecular formula is C23H26N6O3. The van der Waals surface area contributed by atoms with Crippen LogP contribution in [0.4, 0.5) is 5.95 Å². The average molecular weight is 435 g/mol. The predicted octanol–water partition coefficient (Wildman–Crippen LogP) is 3.32. The molecule has 1 aromatic carbocycles. The second-order valence-electron chi connectivity index (χ2n) is 7.68. The van der Waals surface area contributed by atoms with Crippen molar-refractivity contribution >= 4 is 11.6 Å². The summed E-state index contributed by atoms with van der Waals surface area (Å²) in [5.74, 6) is 3.00. The number of hydrogen-bond acceptors (Lipinski definition) is 8. The van der Waals surface area contributed by atoms with E-state index in [9.17, 15) is 0 Å². The molecule has 1 aliphatic rings. The van der Waals surface area contributed by atoms with Crippen molar-refractivity contribution in [2.75, 3.05) is 25.5 Å². The van der Waals surface area contributed by atoms with Crippen LogP contribution in [-0.2, 0) is 19.5 Å². The van der Waals surface area contributed by atoms with Gasteiger partial charge in [-0.3, -0.25) is 4.90 Å². The third-order valence-electron chi connectivity index (χ3n) is 5.56. The van der Waals surface area contributed by atoms with Gasteiger partial charge in [0.15, 0.2) is 22.9 Å². The summed E-state index contributed by atoms with van der Waals surface area (Å²) in [5, 5.41) is 4.48. The van der Waals surface area contributed by atoms with Crippen molar-refractivity contribution in [2.45, 2.75) is 33.4 Å². The van der Waals surface area contributed by atoms with Crippen LogP contribution in [0.1, 0.15) is 30.5 Å². The van der Waals surface area contributed by atoms with E-state index in [-0.39, 0.29) is 0 Å². The molecule has 32 heavy (non-hydrogen) atoms. The molecule has 0 bridgehead atoms. The lowest BCUT2D eigenvalue weighted by Gasteiger charge is -2.29. The first-order valence-corrected chi connectivity index (χ1v) is 10.8. The van der Waals surface area contributed by atoms with Crippen molar-refractivity contribution in [3.05, 3.63) is 53.4 Å². The number of fused-ring (bicyclic) bond motifs is 2. The minimum absolute atomic E-state index is 0.294. The molecule has 9 nitrogen and oxygen atoms in total. The molecule has 0 spiro atoms. The maximum absolute atomic E-state index is 6.05. The van der Waals surface area contributed by atoms with Crippen molar-refractivity contribution in [2.24, 2.45) is 0 Å². The van der Waals surface area contributed by atoms with Crippen LogP contribution in [0.15, 0.2) is 41.1 Å². The lowest BCUT2D eigenvalue weighted by Crippen LogP contribution is -2.30. The largest absolute Gasteiger partial charge is 0.490 e. The molecular weight excluding hydrogens is 408 g/mol. The zero-order chi connectivity index (χ0) is 22.1. The molecule has 4 heterocycles. The standard InChI is InChI=1S/C23H26N6O3/c1-3-30-19-10-15-7-8-28(13-16(15)11-20(19)31-4-2)14-17-12-25-23(24)29-22(17)26-21(27-29)18-6-5-9-32-18/h5-6,9-12H,3-4,7-8,13-14H2,1-2H3,(H2,24,25). The Hall–Kier alpha value is -3.59. The Morgan fingerprint density at radius 2 is 1.91 bits per heavy atom. The first kappa shape index (κ1) is 20.3. The van der Waals surface area contributed by atoms with Crippen LogP contribution in [0.2, 0.25) is 0 Å². The van der Waals surface area contributed by atoms with Crippen molar-refractivity contribution in [1.29, 1.82) is 0 Å². The number of aromatic nitrogens is 4. The highest BCUT2D eigenvalue weighted by molar-refractivity contribution is 5.57. The highest BCUT2D eigenvalue weighted by Gasteiger charge is 2.22. The van der Waals surface area contributed by atoms with Crippen LogP contribution in [0.5, 0.6) is 11.5 Å². The van der Waals surface area contributed by atoms with Gasteiger partial charge in [0, 0.05) is 31.4 Å². The molecule has 0 aliphatic carbocycles. The number of anilines is 1. The van der Waals surface area contributed by atoms with Crippen molar-refractivity contribution in [1.82, 2.24) is 24.5 Å². The van der Waals surface area contributed by atoms with Crippen LogP contribution in [0, 0.1) is 0 Å². The Morgan fingerprint density at radius 1 is 1.12 bits per heavy atom. The van der Waals surface area contributed by atoms with Gasteiger partial charge in [-0.2, -0.15) is 4.52 Å². The lowest BCUT2D eigenvalue weighted by atomic mass is 9.98. The van der Waals surface area contributed by atoms with E-state index in [0.717, 1.165) is 36.6 Å². The molecule has 5 rings (SSSR count). The monoisotopic (exact) mass is 434 g/mol. The van der Waals surface area contributed by atoms with Crippen molar-refractivity contribution in [3.8, 4) is 23.1 Å². The van der Waals surface area contributed by atoms with Gasteiger partial charge in [-0.25, -0.2) is 9.97 Å². The van der Waals surface area contributed by atoms with Gasteiger partial charge in [-0.05, 0) is 55.7 Å². The van der Waals surface area contributed by atoms with Crippen molar-refractivity contribution in [3.63, 3.8) is 0 Å². The Morgan fingerprint density at radius 3 is 2.62 bits per heavy atom. The van der Waals surface area contributed by atoms with E-state index in [2.05, 4.69) is 32.1 Å². The van der Waals surface area contributed by atoms with E-state index in [0.29, 0.717) is 42.9 Å². The number of ether oxygens (including phenoxy) is 2. The number of hydrogen-bond donors (Lipinski definition) is 1. The maximum atomic E-state index is 6.05. The SMILES string of the molecule is CCOc1cc2c(cc1OCC)CN(Cc1cnc(N)n3nc(-c4ccco4)nc13)CC2. The minimum atomic E-state index is 0.294. The quantitative estimate of drug-likeness (QED) is 0.472. The molecule has 4 aromatic rings. The second kappa shape index (κ2) is 8.51. The predicted molar refractivity (Wildman–Crippen MR) is 119 cm³/mol. The molecule has 0 saturated heterocycles. The number of nitrogens with zero attached hydrogens (tertiary/aromatic N) is 5. The molecule has 0 unspecified atom stereocenters. The van der Waals surface area contributed by atoms with Gasteiger partial charge in [-0.1, -0.05) is 0 Å². The highest BCUT2D eigenvalue weighted by Crippen LogP contribution is 2.34. The first-order valence-electron chi connectivity index (χ1n) is 10.8. The zero-order valence-corrected chi connectivity index (χ0v) is 18.2. The first-order chi connectivity index (χ1) is 15.7. The Balaban J connectivity index is 1.42. The Labute approximate surface area is 185 Å². The fraction of sp³-hybridized carbons (Fsp3) is 0.348. The summed E-state index contributed by atoms with van der Waals surface area (Å²) in [6.45, 7) is 7.59. The Bertz CT molecular complexity index is 1230.